The van der Waals surface area contributed by atoms with Gasteiger partial charge in [-0.05, 0) is 31.0 Å². The third kappa shape index (κ3) is 2.86. The summed E-state index contributed by atoms with van der Waals surface area (Å²) in [6.07, 6.45) is 4.72. The Morgan fingerprint density at radius 3 is 2.67 bits per heavy atom. The van der Waals surface area contributed by atoms with E-state index in [1.54, 1.807) is 30.6 Å². The molecule has 0 spiro atoms. The Labute approximate surface area is 122 Å². The number of aromatic nitrogens is 2. The van der Waals surface area contributed by atoms with Crippen LogP contribution in [0.1, 0.15) is 23.2 Å². The second kappa shape index (κ2) is 5.75. The van der Waals surface area contributed by atoms with Gasteiger partial charge in [-0.2, -0.15) is 0 Å². The molecule has 3 rings (SSSR count). The maximum absolute atomic E-state index is 12.5. The molecular formula is C15H18N4O2. The van der Waals surface area contributed by atoms with Crippen LogP contribution in [-0.2, 0) is 4.74 Å². The number of ether oxygens (including phenoxy) is 1. The van der Waals surface area contributed by atoms with E-state index in [1.807, 2.05) is 0 Å². The molecule has 0 atom stereocenters. The van der Waals surface area contributed by atoms with Crippen molar-refractivity contribution in [2.45, 2.75) is 18.4 Å². The summed E-state index contributed by atoms with van der Waals surface area (Å²) in [5.41, 5.74) is 7.54. The number of carbonyl (C=O) groups excluding carboxylic acids is 1. The van der Waals surface area contributed by atoms with Gasteiger partial charge in [0.1, 0.15) is 0 Å². The van der Waals surface area contributed by atoms with Crippen LogP contribution in [0.2, 0.25) is 0 Å². The number of benzene rings is 1. The average Bonchev–Trinajstić information content (AvgIpc) is 2.55. The van der Waals surface area contributed by atoms with Crippen LogP contribution in [0.25, 0.3) is 11.0 Å². The summed E-state index contributed by atoms with van der Waals surface area (Å²) in [6, 6.07) is 5.31. The van der Waals surface area contributed by atoms with Gasteiger partial charge in [0.15, 0.2) is 0 Å². The second-order valence-corrected chi connectivity index (χ2v) is 5.31. The molecular weight excluding hydrogens is 268 g/mol. The summed E-state index contributed by atoms with van der Waals surface area (Å²) < 4.78 is 5.35. The molecule has 0 bridgehead atoms. The highest BCUT2D eigenvalue weighted by Crippen LogP contribution is 2.20. The standard InChI is InChI=1S/C15H18N4O2/c16-10-15(3-7-21-8-4-15)19-14(20)11-1-2-12-13(9-11)18-6-5-17-12/h1-2,5-6,9H,3-4,7-8,10,16H2,(H,19,20). The van der Waals surface area contributed by atoms with E-state index in [4.69, 9.17) is 10.5 Å². The van der Waals surface area contributed by atoms with Crippen LogP contribution in [0.5, 0.6) is 0 Å². The first-order valence-corrected chi connectivity index (χ1v) is 7.04. The maximum atomic E-state index is 12.5. The largest absolute Gasteiger partial charge is 0.381 e. The van der Waals surface area contributed by atoms with Crippen molar-refractivity contribution in [3.05, 3.63) is 36.2 Å². The van der Waals surface area contributed by atoms with Crippen molar-refractivity contribution in [1.29, 1.82) is 0 Å². The fraction of sp³-hybridized carbons (Fsp3) is 0.400. The first kappa shape index (κ1) is 13.9. The number of hydrogen-bond acceptors (Lipinski definition) is 5. The molecule has 1 aromatic carbocycles. The molecule has 110 valence electrons. The summed E-state index contributed by atoms with van der Waals surface area (Å²) in [7, 11) is 0. The summed E-state index contributed by atoms with van der Waals surface area (Å²) in [4.78, 5) is 20.9. The minimum Gasteiger partial charge on any atom is -0.381 e. The normalized spacial score (nSPS) is 17.6. The minimum atomic E-state index is -0.368. The first-order valence-electron chi connectivity index (χ1n) is 7.04. The van der Waals surface area contributed by atoms with E-state index in [2.05, 4.69) is 15.3 Å². The van der Waals surface area contributed by atoms with Crippen LogP contribution in [0.3, 0.4) is 0 Å². The highest BCUT2D eigenvalue weighted by molar-refractivity contribution is 5.97. The first-order chi connectivity index (χ1) is 10.2. The molecule has 1 aromatic heterocycles. The van der Waals surface area contributed by atoms with Crippen molar-refractivity contribution in [1.82, 2.24) is 15.3 Å². The topological polar surface area (TPSA) is 90.1 Å². The monoisotopic (exact) mass is 286 g/mol. The van der Waals surface area contributed by atoms with Crippen molar-refractivity contribution >= 4 is 16.9 Å². The zero-order chi connectivity index (χ0) is 14.7. The van der Waals surface area contributed by atoms with Gasteiger partial charge >= 0.3 is 0 Å². The minimum absolute atomic E-state index is 0.130. The third-order valence-electron chi connectivity index (χ3n) is 3.95. The lowest BCUT2D eigenvalue weighted by molar-refractivity contribution is 0.0388. The molecule has 6 nitrogen and oxygen atoms in total. The molecule has 3 N–H and O–H groups in total. The molecule has 0 saturated carbocycles. The maximum Gasteiger partial charge on any atom is 0.251 e. The zero-order valence-electron chi connectivity index (χ0n) is 11.7. The quantitative estimate of drug-likeness (QED) is 0.873. The van der Waals surface area contributed by atoms with Gasteiger partial charge < -0.3 is 15.8 Å². The predicted octanol–water partition coefficient (Wildman–Crippen LogP) is 0.867. The fourth-order valence-electron chi connectivity index (χ4n) is 2.56. The molecule has 2 heterocycles. The lowest BCUT2D eigenvalue weighted by Gasteiger charge is -2.36. The molecule has 2 aromatic rings. The second-order valence-electron chi connectivity index (χ2n) is 5.31. The molecule has 0 unspecified atom stereocenters. The number of nitrogens with one attached hydrogen (secondary N) is 1. The van der Waals surface area contributed by atoms with Gasteiger partial charge in [0.2, 0.25) is 0 Å². The highest BCUT2D eigenvalue weighted by Gasteiger charge is 2.33. The number of fused-ring (bicyclic) bond motifs is 1. The van der Waals surface area contributed by atoms with E-state index in [0.29, 0.717) is 30.8 Å². The van der Waals surface area contributed by atoms with Gasteiger partial charge in [-0.1, -0.05) is 0 Å². The third-order valence-corrected chi connectivity index (χ3v) is 3.95. The summed E-state index contributed by atoms with van der Waals surface area (Å²) in [5.74, 6) is -0.130. The SMILES string of the molecule is NCC1(NC(=O)c2ccc3nccnc3c2)CCOCC1. The Morgan fingerprint density at radius 1 is 1.24 bits per heavy atom. The molecule has 1 saturated heterocycles. The molecule has 6 heteroatoms. The van der Waals surface area contributed by atoms with Crippen LogP contribution in [0.4, 0.5) is 0 Å². The van der Waals surface area contributed by atoms with Crippen LogP contribution >= 0.6 is 0 Å². The molecule has 1 amide bonds. The molecule has 0 aliphatic carbocycles. The number of carbonyl (C=O) groups is 1. The van der Waals surface area contributed by atoms with E-state index >= 15 is 0 Å². The van der Waals surface area contributed by atoms with Gasteiger partial charge in [0.05, 0.1) is 16.6 Å². The molecule has 1 aliphatic heterocycles. The Hall–Kier alpha value is -2.05. The smallest absolute Gasteiger partial charge is 0.251 e. The average molecular weight is 286 g/mol. The Bertz CT molecular complexity index is 653. The van der Waals surface area contributed by atoms with E-state index in [-0.39, 0.29) is 11.4 Å². The van der Waals surface area contributed by atoms with Crippen LogP contribution < -0.4 is 11.1 Å². The van der Waals surface area contributed by atoms with Crippen molar-refractivity contribution < 1.29 is 9.53 Å². The van der Waals surface area contributed by atoms with Gasteiger partial charge in [-0.3, -0.25) is 14.8 Å². The highest BCUT2D eigenvalue weighted by atomic mass is 16.5. The fourth-order valence-corrected chi connectivity index (χ4v) is 2.56. The van der Waals surface area contributed by atoms with Crippen LogP contribution in [0, 0.1) is 0 Å². The van der Waals surface area contributed by atoms with Crippen molar-refractivity contribution in [2.75, 3.05) is 19.8 Å². The van der Waals surface area contributed by atoms with E-state index in [1.165, 1.54) is 0 Å². The van der Waals surface area contributed by atoms with Gasteiger partial charge in [0, 0.05) is 37.7 Å². The predicted molar refractivity (Wildman–Crippen MR) is 78.8 cm³/mol. The van der Waals surface area contributed by atoms with Gasteiger partial charge in [-0.25, -0.2) is 0 Å². The molecule has 1 fully saturated rings. The summed E-state index contributed by atoms with van der Waals surface area (Å²) >= 11 is 0. The number of rotatable bonds is 3. The molecule has 0 radical (unpaired) electrons. The van der Waals surface area contributed by atoms with Gasteiger partial charge in [-0.15, -0.1) is 0 Å². The number of hydrogen-bond donors (Lipinski definition) is 2. The lowest BCUT2D eigenvalue weighted by Crippen LogP contribution is -2.56. The number of amides is 1. The van der Waals surface area contributed by atoms with Gasteiger partial charge in [0.25, 0.3) is 5.91 Å². The Kier molecular flexibility index (Phi) is 3.81. The van der Waals surface area contributed by atoms with Crippen LogP contribution in [0.15, 0.2) is 30.6 Å². The van der Waals surface area contributed by atoms with Crippen molar-refractivity contribution in [2.24, 2.45) is 5.73 Å². The molecule has 1 aliphatic rings. The van der Waals surface area contributed by atoms with E-state index < -0.39 is 0 Å². The Morgan fingerprint density at radius 2 is 1.95 bits per heavy atom. The van der Waals surface area contributed by atoms with E-state index in [9.17, 15) is 4.79 Å². The van der Waals surface area contributed by atoms with Crippen LogP contribution in [-0.4, -0.2) is 41.2 Å². The summed E-state index contributed by atoms with van der Waals surface area (Å²) in [6.45, 7) is 1.66. The van der Waals surface area contributed by atoms with Crippen molar-refractivity contribution in [3.8, 4) is 0 Å². The number of nitrogens with zero attached hydrogens (tertiary/aromatic N) is 2. The zero-order valence-corrected chi connectivity index (χ0v) is 11.7. The van der Waals surface area contributed by atoms with Crippen molar-refractivity contribution in [3.63, 3.8) is 0 Å². The van der Waals surface area contributed by atoms with E-state index in [0.717, 1.165) is 18.4 Å². The Balaban J connectivity index is 1.82. The lowest BCUT2D eigenvalue weighted by atomic mass is 9.89. The molecule has 21 heavy (non-hydrogen) atoms. The summed E-state index contributed by atoms with van der Waals surface area (Å²) in [5, 5.41) is 3.07. The number of nitrogens with two attached hydrogens (primary N) is 1.